The van der Waals surface area contributed by atoms with E-state index in [-0.39, 0.29) is 11.6 Å². The summed E-state index contributed by atoms with van der Waals surface area (Å²) in [5.74, 6) is 0. The molecule has 0 spiro atoms. The predicted molar refractivity (Wildman–Crippen MR) is 105 cm³/mol. The van der Waals surface area contributed by atoms with E-state index in [1.54, 1.807) is 43.0 Å². The molecule has 0 aliphatic rings. The van der Waals surface area contributed by atoms with Crippen LogP contribution in [0.2, 0.25) is 10.0 Å². The Bertz CT molecular complexity index is 1020. The average molecular weight is 392 g/mol. The average Bonchev–Trinajstić information content (AvgIpc) is 2.61. The fourth-order valence-electron chi connectivity index (χ4n) is 3.06. The van der Waals surface area contributed by atoms with Crippen molar-refractivity contribution in [3.63, 3.8) is 0 Å². The number of aryl methyl sites for hydroxylation is 1. The van der Waals surface area contributed by atoms with E-state index in [1.165, 1.54) is 0 Å². The third-order valence-corrected chi connectivity index (χ3v) is 4.90. The molecule has 0 aliphatic heterocycles. The molecule has 1 atom stereocenters. The van der Waals surface area contributed by atoms with Gasteiger partial charge in [0.05, 0.1) is 28.9 Å². The summed E-state index contributed by atoms with van der Waals surface area (Å²) in [6.07, 6.45) is 2.42. The molecular weight excluding hydrogens is 373 g/mol. The topological polar surface area (TPSA) is 57.0 Å². The molecule has 1 aromatic carbocycles. The number of aromatic nitrogens is 3. The van der Waals surface area contributed by atoms with Gasteiger partial charge in [0.1, 0.15) is 11.2 Å². The lowest BCUT2D eigenvalue weighted by atomic mass is 10.1. The zero-order valence-corrected chi connectivity index (χ0v) is 16.3. The summed E-state index contributed by atoms with van der Waals surface area (Å²) < 4.78 is 7.05. The van der Waals surface area contributed by atoms with Crippen molar-refractivity contribution in [2.75, 3.05) is 13.7 Å². The lowest BCUT2D eigenvalue weighted by Gasteiger charge is -2.21. The molecule has 5 nitrogen and oxygen atoms in total. The molecule has 0 N–H and O–H groups in total. The second kappa shape index (κ2) is 7.74. The molecule has 26 heavy (non-hydrogen) atoms. The van der Waals surface area contributed by atoms with Gasteiger partial charge in [-0.1, -0.05) is 30.1 Å². The first kappa shape index (κ1) is 18.8. The number of hydrogen-bond donors (Lipinski definition) is 0. The van der Waals surface area contributed by atoms with Gasteiger partial charge in [-0.15, -0.1) is 0 Å². The lowest BCUT2D eigenvalue weighted by molar-refractivity contribution is 0.153. The van der Waals surface area contributed by atoms with Crippen molar-refractivity contribution in [1.29, 1.82) is 0 Å². The van der Waals surface area contributed by atoms with Gasteiger partial charge in [-0.3, -0.25) is 14.3 Å². The van der Waals surface area contributed by atoms with Crippen molar-refractivity contribution in [3.8, 4) is 11.3 Å². The predicted octanol–water partition coefficient (Wildman–Crippen LogP) is 4.67. The standard InChI is InChI=1S/C19H19Cl2N3O2/c1-4-13(10-26-3)24-16-7-8-22-17(18(16)23-11(2)19(24)25)14-6-5-12(20)9-15(14)21/h5-9,13H,4,10H2,1-3H3/t13-/m1/s1. The van der Waals surface area contributed by atoms with Crippen molar-refractivity contribution in [2.45, 2.75) is 26.3 Å². The zero-order chi connectivity index (χ0) is 18.8. The minimum absolute atomic E-state index is 0.0901. The molecule has 7 heteroatoms. The molecule has 3 rings (SSSR count). The summed E-state index contributed by atoms with van der Waals surface area (Å²) in [6, 6.07) is 6.95. The van der Waals surface area contributed by atoms with Crippen LogP contribution in [0, 0.1) is 6.92 Å². The third-order valence-electron chi connectivity index (χ3n) is 4.35. The molecule has 0 saturated heterocycles. The maximum Gasteiger partial charge on any atom is 0.272 e. The van der Waals surface area contributed by atoms with Gasteiger partial charge < -0.3 is 4.74 Å². The van der Waals surface area contributed by atoms with E-state index in [0.717, 1.165) is 12.0 Å². The summed E-state index contributed by atoms with van der Waals surface area (Å²) in [6.45, 7) is 4.17. The first-order valence-electron chi connectivity index (χ1n) is 8.30. The summed E-state index contributed by atoms with van der Waals surface area (Å²) in [5, 5.41) is 1.03. The number of halogens is 2. The van der Waals surface area contributed by atoms with Crippen molar-refractivity contribution in [2.24, 2.45) is 0 Å². The lowest BCUT2D eigenvalue weighted by Crippen LogP contribution is -2.30. The number of nitrogens with zero attached hydrogens (tertiary/aromatic N) is 3. The van der Waals surface area contributed by atoms with Crippen LogP contribution in [-0.4, -0.2) is 28.3 Å². The van der Waals surface area contributed by atoms with Gasteiger partial charge in [0.15, 0.2) is 0 Å². The number of rotatable bonds is 5. The minimum atomic E-state index is -0.124. The Labute approximate surface area is 161 Å². The Hall–Kier alpha value is -1.95. The highest BCUT2D eigenvalue weighted by Gasteiger charge is 2.19. The molecule has 0 fully saturated rings. The molecule has 2 aromatic heterocycles. The Morgan fingerprint density at radius 3 is 2.69 bits per heavy atom. The summed E-state index contributed by atoms with van der Waals surface area (Å²) in [7, 11) is 1.63. The van der Waals surface area contributed by atoms with Gasteiger partial charge in [-0.25, -0.2) is 4.98 Å². The highest BCUT2D eigenvalue weighted by molar-refractivity contribution is 6.36. The van der Waals surface area contributed by atoms with Crippen LogP contribution in [0.15, 0.2) is 35.3 Å². The van der Waals surface area contributed by atoms with Crippen molar-refractivity contribution < 1.29 is 4.74 Å². The minimum Gasteiger partial charge on any atom is -0.383 e. The van der Waals surface area contributed by atoms with E-state index in [2.05, 4.69) is 9.97 Å². The normalized spacial score (nSPS) is 12.5. The molecule has 0 unspecified atom stereocenters. The summed E-state index contributed by atoms with van der Waals surface area (Å²) in [5.41, 5.74) is 2.96. The number of benzene rings is 1. The summed E-state index contributed by atoms with van der Waals surface area (Å²) >= 11 is 12.4. The third kappa shape index (κ3) is 3.34. The Kier molecular flexibility index (Phi) is 5.61. The first-order valence-corrected chi connectivity index (χ1v) is 9.05. The second-order valence-corrected chi connectivity index (χ2v) is 6.88. The van der Waals surface area contributed by atoms with E-state index in [0.29, 0.717) is 39.1 Å². The molecule has 0 bridgehead atoms. The van der Waals surface area contributed by atoms with E-state index < -0.39 is 0 Å². The first-order chi connectivity index (χ1) is 12.5. The second-order valence-electron chi connectivity index (χ2n) is 6.04. The molecule has 136 valence electrons. The number of hydrogen-bond acceptors (Lipinski definition) is 4. The highest BCUT2D eigenvalue weighted by atomic mass is 35.5. The molecular formula is C19H19Cl2N3O2. The Morgan fingerprint density at radius 2 is 2.04 bits per heavy atom. The van der Waals surface area contributed by atoms with E-state index in [9.17, 15) is 4.79 Å². The van der Waals surface area contributed by atoms with E-state index in [4.69, 9.17) is 27.9 Å². The smallest absolute Gasteiger partial charge is 0.272 e. The van der Waals surface area contributed by atoms with Crippen LogP contribution in [-0.2, 0) is 4.74 Å². The van der Waals surface area contributed by atoms with Crippen LogP contribution in [0.3, 0.4) is 0 Å². The van der Waals surface area contributed by atoms with Gasteiger partial charge in [-0.05, 0) is 37.6 Å². The van der Waals surface area contributed by atoms with Gasteiger partial charge in [0.25, 0.3) is 5.56 Å². The number of fused-ring (bicyclic) bond motifs is 1. The zero-order valence-electron chi connectivity index (χ0n) is 14.8. The molecule has 0 aliphatic carbocycles. The van der Waals surface area contributed by atoms with Crippen LogP contribution in [0.25, 0.3) is 22.3 Å². The maximum absolute atomic E-state index is 12.8. The van der Waals surface area contributed by atoms with Gasteiger partial charge in [0, 0.05) is 23.9 Å². The van der Waals surface area contributed by atoms with Crippen LogP contribution in [0.5, 0.6) is 0 Å². The quantitative estimate of drug-likeness (QED) is 0.633. The molecule has 0 radical (unpaired) electrons. The van der Waals surface area contributed by atoms with Crippen LogP contribution >= 0.6 is 23.2 Å². The molecule has 3 aromatic rings. The number of methoxy groups -OCH3 is 1. The van der Waals surface area contributed by atoms with Crippen LogP contribution in [0.4, 0.5) is 0 Å². The maximum atomic E-state index is 12.8. The van der Waals surface area contributed by atoms with Crippen LogP contribution < -0.4 is 5.56 Å². The monoisotopic (exact) mass is 391 g/mol. The number of pyridine rings is 1. The molecule has 2 heterocycles. The van der Waals surface area contributed by atoms with Crippen molar-refractivity contribution in [1.82, 2.24) is 14.5 Å². The van der Waals surface area contributed by atoms with Gasteiger partial charge in [-0.2, -0.15) is 0 Å². The molecule has 0 amide bonds. The largest absolute Gasteiger partial charge is 0.383 e. The SMILES string of the molecule is CC[C@H](COC)n1c(=O)c(C)nc2c(-c3ccc(Cl)cc3Cl)nccc21. The van der Waals surface area contributed by atoms with Gasteiger partial charge >= 0.3 is 0 Å². The van der Waals surface area contributed by atoms with E-state index >= 15 is 0 Å². The fraction of sp³-hybridized carbons (Fsp3) is 0.316. The van der Waals surface area contributed by atoms with Crippen molar-refractivity contribution >= 4 is 34.2 Å². The highest BCUT2D eigenvalue weighted by Crippen LogP contribution is 2.33. The Balaban J connectivity index is 2.35. The van der Waals surface area contributed by atoms with Gasteiger partial charge in [0.2, 0.25) is 0 Å². The van der Waals surface area contributed by atoms with Crippen LogP contribution in [0.1, 0.15) is 25.1 Å². The van der Waals surface area contributed by atoms with Crippen molar-refractivity contribution in [3.05, 3.63) is 56.6 Å². The Morgan fingerprint density at radius 1 is 1.27 bits per heavy atom. The number of ether oxygens (including phenoxy) is 1. The van der Waals surface area contributed by atoms with E-state index in [1.807, 2.05) is 13.0 Å². The summed E-state index contributed by atoms with van der Waals surface area (Å²) in [4.78, 5) is 21.8. The molecule has 0 saturated carbocycles. The fourth-order valence-corrected chi connectivity index (χ4v) is 3.55.